The Morgan fingerprint density at radius 1 is 1.12 bits per heavy atom. The molecule has 0 aliphatic rings. The zero-order chi connectivity index (χ0) is 5.86. The van der Waals surface area contributed by atoms with Crippen molar-refractivity contribution in [2.75, 3.05) is 0 Å². The van der Waals surface area contributed by atoms with Gasteiger partial charge in [0.1, 0.15) is 6.42 Å². The summed E-state index contributed by atoms with van der Waals surface area (Å²) in [6, 6.07) is 0. The molecule has 49 valence electrons. The van der Waals surface area contributed by atoms with Crippen LogP contribution in [-0.2, 0) is 29.1 Å². The van der Waals surface area contributed by atoms with E-state index in [1.165, 1.54) is 0 Å². The molecule has 0 unspecified atom stereocenters. The van der Waals surface area contributed by atoms with Gasteiger partial charge in [0.15, 0.2) is 0 Å². The van der Waals surface area contributed by atoms with E-state index in [1.54, 1.807) is 0 Å². The largest absolute Gasteiger partial charge is 0.481 e. The summed E-state index contributed by atoms with van der Waals surface area (Å²) >= 11 is 0. The minimum absolute atomic E-state index is 0. The van der Waals surface area contributed by atoms with Crippen LogP contribution in [0.15, 0.2) is 0 Å². The molecule has 0 heterocycles. The summed E-state index contributed by atoms with van der Waals surface area (Å²) in [5.74, 6) is -2.62. The third-order valence-corrected chi connectivity index (χ3v) is 0.302. The Balaban J connectivity index is 0. The average molecular weight is 207 g/mol. The average Bonchev–Trinajstić information content (AvgIpc) is 1.27. The Morgan fingerprint density at radius 2 is 1.38 bits per heavy atom. The molecule has 0 aliphatic carbocycles. The van der Waals surface area contributed by atoms with Crippen molar-refractivity contribution in [3.8, 4) is 0 Å². The molecule has 0 aromatic carbocycles. The normalized spacial score (nSPS) is 7.00. The summed E-state index contributed by atoms with van der Waals surface area (Å²) < 4.78 is 0. The van der Waals surface area contributed by atoms with Crippen LogP contribution in [-0.4, -0.2) is 22.2 Å². The number of aliphatic carboxylic acids is 2. The Morgan fingerprint density at radius 3 is 1.38 bits per heavy atom. The van der Waals surface area contributed by atoms with Gasteiger partial charge >= 0.3 is 11.9 Å². The zero-order valence-corrected chi connectivity index (χ0v) is 5.39. The summed E-state index contributed by atoms with van der Waals surface area (Å²) in [5.41, 5.74) is 0. The first kappa shape index (κ1) is 10.5. The number of carboxylic acids is 2. The van der Waals surface area contributed by atoms with E-state index in [4.69, 9.17) is 10.2 Å². The predicted octanol–water partition coefficient (Wildman–Crippen LogP) is -0.457. The number of carbonyl (C=O) groups is 2. The molecule has 0 saturated carbocycles. The minimum Gasteiger partial charge on any atom is -0.481 e. The van der Waals surface area contributed by atoms with E-state index in [0.29, 0.717) is 0 Å². The minimum atomic E-state index is -1.31. The molecule has 2 N–H and O–H groups in total. The number of carboxylic acid groups (broad SMARTS) is 2. The fraction of sp³-hybridized carbons (Fsp3) is 0.333. The first-order valence-corrected chi connectivity index (χ1v) is 1.56. The predicted molar refractivity (Wildman–Crippen MR) is 19.9 cm³/mol. The third-order valence-electron chi connectivity index (χ3n) is 0.302. The van der Waals surface area contributed by atoms with E-state index in [0.717, 1.165) is 0 Å². The monoisotopic (exact) mass is 207 g/mol. The van der Waals surface area contributed by atoms with Gasteiger partial charge in [-0.2, -0.15) is 0 Å². The van der Waals surface area contributed by atoms with Crippen LogP contribution < -0.4 is 0 Å². The van der Waals surface area contributed by atoms with Crippen LogP contribution in [0.5, 0.6) is 0 Å². The molecule has 0 amide bonds. The SMILES string of the molecule is O=C(O)CC(=O)O.[Rh]. The molecule has 0 saturated heterocycles. The van der Waals surface area contributed by atoms with Crippen LogP contribution in [0, 0.1) is 0 Å². The molecule has 0 spiro atoms. The smallest absolute Gasteiger partial charge is 0.314 e. The van der Waals surface area contributed by atoms with Crippen molar-refractivity contribution in [3.63, 3.8) is 0 Å². The van der Waals surface area contributed by atoms with Crippen LogP contribution in [0.1, 0.15) is 6.42 Å². The molecule has 4 nitrogen and oxygen atoms in total. The summed E-state index contributed by atoms with van der Waals surface area (Å²) in [6.45, 7) is 0. The van der Waals surface area contributed by atoms with E-state index in [2.05, 4.69) is 0 Å². The van der Waals surface area contributed by atoms with E-state index < -0.39 is 18.4 Å². The fourth-order valence-electron chi connectivity index (χ4n) is 0.129. The van der Waals surface area contributed by atoms with E-state index in [1.807, 2.05) is 0 Å². The van der Waals surface area contributed by atoms with Crippen LogP contribution >= 0.6 is 0 Å². The molecule has 0 rings (SSSR count). The van der Waals surface area contributed by atoms with Crippen molar-refractivity contribution in [1.29, 1.82) is 0 Å². The second-order valence-corrected chi connectivity index (χ2v) is 0.964. The molecule has 8 heavy (non-hydrogen) atoms. The Bertz CT molecular complexity index is 87.5. The van der Waals surface area contributed by atoms with Crippen molar-refractivity contribution in [2.24, 2.45) is 0 Å². The molecule has 0 aliphatic heterocycles. The van der Waals surface area contributed by atoms with E-state index >= 15 is 0 Å². The van der Waals surface area contributed by atoms with Crippen LogP contribution in [0.25, 0.3) is 0 Å². The first-order chi connectivity index (χ1) is 3.13. The Labute approximate surface area is 58.3 Å². The van der Waals surface area contributed by atoms with Gasteiger partial charge < -0.3 is 10.2 Å². The topological polar surface area (TPSA) is 74.6 Å². The van der Waals surface area contributed by atoms with E-state index in [9.17, 15) is 9.59 Å². The van der Waals surface area contributed by atoms with Crippen molar-refractivity contribution >= 4 is 11.9 Å². The summed E-state index contributed by atoms with van der Waals surface area (Å²) in [6.07, 6.45) is -0.806. The van der Waals surface area contributed by atoms with Gasteiger partial charge in [-0.3, -0.25) is 9.59 Å². The van der Waals surface area contributed by atoms with Crippen molar-refractivity contribution in [3.05, 3.63) is 0 Å². The molecule has 5 heteroatoms. The van der Waals surface area contributed by atoms with Gasteiger partial charge in [-0.15, -0.1) is 0 Å². The molecule has 0 fully saturated rings. The second kappa shape index (κ2) is 4.72. The standard InChI is InChI=1S/C3H4O4.Rh/c4-2(5)1-3(6)7;/h1H2,(H,4,5)(H,6,7);. The van der Waals surface area contributed by atoms with Gasteiger partial charge in [-0.1, -0.05) is 0 Å². The number of hydrogen-bond donors (Lipinski definition) is 2. The molecule has 1 radical (unpaired) electrons. The fourth-order valence-corrected chi connectivity index (χ4v) is 0.129. The van der Waals surface area contributed by atoms with Gasteiger partial charge in [-0.05, 0) is 0 Å². The number of hydrogen-bond acceptors (Lipinski definition) is 2. The van der Waals surface area contributed by atoms with Crippen molar-refractivity contribution in [1.82, 2.24) is 0 Å². The molecule has 0 atom stereocenters. The molecule has 0 aromatic rings. The van der Waals surface area contributed by atoms with Crippen LogP contribution in [0.3, 0.4) is 0 Å². The molecular weight excluding hydrogens is 203 g/mol. The Hall–Kier alpha value is -0.437. The maximum Gasteiger partial charge on any atom is 0.314 e. The van der Waals surface area contributed by atoms with Gasteiger partial charge in [-0.25, -0.2) is 0 Å². The van der Waals surface area contributed by atoms with Crippen LogP contribution in [0.2, 0.25) is 0 Å². The number of rotatable bonds is 2. The maximum absolute atomic E-state index is 9.43. The van der Waals surface area contributed by atoms with Crippen molar-refractivity contribution < 1.29 is 39.3 Å². The molecule has 0 aromatic heterocycles. The van der Waals surface area contributed by atoms with Gasteiger partial charge in [0, 0.05) is 19.5 Å². The van der Waals surface area contributed by atoms with Gasteiger partial charge in [0.2, 0.25) is 0 Å². The maximum atomic E-state index is 9.43. The molecular formula is C3H4O4Rh. The summed E-state index contributed by atoms with van der Waals surface area (Å²) in [4.78, 5) is 18.9. The van der Waals surface area contributed by atoms with E-state index in [-0.39, 0.29) is 19.5 Å². The third kappa shape index (κ3) is 9.12. The second-order valence-electron chi connectivity index (χ2n) is 0.964. The first-order valence-electron chi connectivity index (χ1n) is 1.56. The van der Waals surface area contributed by atoms with Crippen LogP contribution in [0.4, 0.5) is 0 Å². The summed E-state index contributed by atoms with van der Waals surface area (Å²) in [7, 11) is 0. The summed E-state index contributed by atoms with van der Waals surface area (Å²) in [5, 5.41) is 15.4. The molecule has 0 bridgehead atoms. The van der Waals surface area contributed by atoms with Gasteiger partial charge in [0.05, 0.1) is 0 Å². The zero-order valence-electron chi connectivity index (χ0n) is 3.75. The Kier molecular flexibility index (Phi) is 6.21. The van der Waals surface area contributed by atoms with Crippen molar-refractivity contribution in [2.45, 2.75) is 6.42 Å². The van der Waals surface area contributed by atoms with Gasteiger partial charge in [0.25, 0.3) is 0 Å². The quantitative estimate of drug-likeness (QED) is 0.474.